The van der Waals surface area contributed by atoms with E-state index in [2.05, 4.69) is 0 Å². The number of aliphatic hydroxyl groups is 1. The molecule has 0 bridgehead atoms. The van der Waals surface area contributed by atoms with Gasteiger partial charge in [-0.05, 0) is 51.8 Å². The van der Waals surface area contributed by atoms with Gasteiger partial charge in [0.2, 0.25) is 0 Å². The molecule has 3 rings (SSSR count). The fourth-order valence-electron chi connectivity index (χ4n) is 3.59. The summed E-state index contributed by atoms with van der Waals surface area (Å²) >= 11 is 1.73. The number of aryl methyl sites for hydroxylation is 1. The molecule has 1 fully saturated rings. The standard InChI is InChI=1S/C16H24N2O2S/c1-17(2)10-16(20)7-8-18(11-16)15(19)13-9-21-14-6-4-3-5-12(13)14/h9,20H,3-8,10-11H2,1-2H3. The van der Waals surface area contributed by atoms with E-state index in [1.165, 1.54) is 23.3 Å². The summed E-state index contributed by atoms with van der Waals surface area (Å²) in [6, 6.07) is 0. The van der Waals surface area contributed by atoms with Crippen LogP contribution in [0.5, 0.6) is 0 Å². The van der Waals surface area contributed by atoms with Gasteiger partial charge >= 0.3 is 0 Å². The van der Waals surface area contributed by atoms with Crippen molar-refractivity contribution in [2.75, 3.05) is 33.7 Å². The SMILES string of the molecule is CN(C)CC1(O)CCN(C(=O)c2csc3c2CCCC3)C1. The van der Waals surface area contributed by atoms with E-state index in [4.69, 9.17) is 0 Å². The Balaban J connectivity index is 1.73. The lowest BCUT2D eigenvalue weighted by Crippen LogP contribution is -2.43. The lowest BCUT2D eigenvalue weighted by molar-refractivity contribution is 0.0236. The van der Waals surface area contributed by atoms with Crippen LogP contribution in [0.3, 0.4) is 0 Å². The topological polar surface area (TPSA) is 43.8 Å². The van der Waals surface area contributed by atoms with Crippen LogP contribution in [0.4, 0.5) is 0 Å². The first-order chi connectivity index (χ1) is 9.98. The largest absolute Gasteiger partial charge is 0.387 e. The Bertz CT molecular complexity index is 540. The molecule has 1 amide bonds. The van der Waals surface area contributed by atoms with Crippen LogP contribution in [0, 0.1) is 0 Å². The first-order valence-corrected chi connectivity index (χ1v) is 8.62. The second kappa shape index (κ2) is 5.71. The number of hydrogen-bond acceptors (Lipinski definition) is 4. The lowest BCUT2D eigenvalue weighted by Gasteiger charge is -2.26. The van der Waals surface area contributed by atoms with Gasteiger partial charge in [0.25, 0.3) is 5.91 Å². The van der Waals surface area contributed by atoms with E-state index in [0.717, 1.165) is 18.4 Å². The van der Waals surface area contributed by atoms with Crippen LogP contribution < -0.4 is 0 Å². The summed E-state index contributed by atoms with van der Waals surface area (Å²) in [5.74, 6) is 0.115. The molecule has 2 aliphatic rings. The summed E-state index contributed by atoms with van der Waals surface area (Å²) in [5, 5.41) is 12.6. The summed E-state index contributed by atoms with van der Waals surface area (Å²) < 4.78 is 0. The van der Waals surface area contributed by atoms with Gasteiger partial charge in [-0.1, -0.05) is 0 Å². The molecule has 1 aliphatic carbocycles. The van der Waals surface area contributed by atoms with Crippen molar-refractivity contribution < 1.29 is 9.90 Å². The molecule has 1 atom stereocenters. The van der Waals surface area contributed by atoms with Crippen LogP contribution in [-0.4, -0.2) is 60.1 Å². The Morgan fingerprint density at radius 1 is 1.43 bits per heavy atom. The number of hydrogen-bond donors (Lipinski definition) is 1. The Morgan fingerprint density at radius 2 is 2.19 bits per heavy atom. The van der Waals surface area contributed by atoms with Crippen LogP contribution >= 0.6 is 11.3 Å². The predicted molar refractivity (Wildman–Crippen MR) is 85.0 cm³/mol. The Hall–Kier alpha value is -0.910. The zero-order chi connectivity index (χ0) is 15.0. The van der Waals surface area contributed by atoms with Crippen molar-refractivity contribution in [3.63, 3.8) is 0 Å². The molecule has 21 heavy (non-hydrogen) atoms. The highest BCUT2D eigenvalue weighted by atomic mass is 32.1. The molecule has 2 heterocycles. The van der Waals surface area contributed by atoms with Crippen LogP contribution in [-0.2, 0) is 12.8 Å². The number of likely N-dealkylation sites (N-methyl/N-ethyl adjacent to an activating group) is 1. The molecule has 1 aliphatic heterocycles. The third-order valence-corrected chi connectivity index (χ3v) is 5.61. The number of rotatable bonds is 3. The number of thiophene rings is 1. The van der Waals surface area contributed by atoms with E-state index < -0.39 is 5.60 Å². The third kappa shape index (κ3) is 3.00. The first kappa shape index (κ1) is 15.0. The fraction of sp³-hybridized carbons (Fsp3) is 0.688. The summed E-state index contributed by atoms with van der Waals surface area (Å²) in [7, 11) is 3.91. The van der Waals surface area contributed by atoms with Crippen LogP contribution in [0.15, 0.2) is 5.38 Å². The van der Waals surface area contributed by atoms with Crippen molar-refractivity contribution in [1.29, 1.82) is 0 Å². The van der Waals surface area contributed by atoms with Crippen LogP contribution in [0.2, 0.25) is 0 Å². The minimum Gasteiger partial charge on any atom is -0.387 e. The summed E-state index contributed by atoms with van der Waals surface area (Å²) in [6.45, 7) is 1.72. The van der Waals surface area contributed by atoms with Crippen molar-refractivity contribution in [2.24, 2.45) is 0 Å². The third-order valence-electron chi connectivity index (χ3n) is 4.52. The summed E-state index contributed by atoms with van der Waals surface area (Å²) in [6.07, 6.45) is 5.26. The molecule has 1 N–H and O–H groups in total. The molecular weight excluding hydrogens is 284 g/mol. The van der Waals surface area contributed by atoms with Crippen molar-refractivity contribution in [1.82, 2.24) is 9.80 Å². The van der Waals surface area contributed by atoms with Crippen molar-refractivity contribution in [2.45, 2.75) is 37.7 Å². The van der Waals surface area contributed by atoms with Gasteiger partial charge in [-0.25, -0.2) is 0 Å². The van der Waals surface area contributed by atoms with Gasteiger partial charge in [0.05, 0.1) is 17.7 Å². The maximum absolute atomic E-state index is 12.8. The van der Waals surface area contributed by atoms with Gasteiger partial charge in [-0.15, -0.1) is 11.3 Å². The number of nitrogens with zero attached hydrogens (tertiary/aromatic N) is 2. The van der Waals surface area contributed by atoms with Crippen LogP contribution in [0.1, 0.15) is 40.1 Å². The van der Waals surface area contributed by atoms with E-state index in [1.54, 1.807) is 11.3 Å². The van der Waals surface area contributed by atoms with Crippen molar-refractivity contribution in [3.8, 4) is 0 Å². The second-order valence-corrected chi connectivity index (χ2v) is 7.66. The lowest BCUT2D eigenvalue weighted by atomic mass is 9.95. The predicted octanol–water partition coefficient (Wildman–Crippen LogP) is 1.77. The van der Waals surface area contributed by atoms with Gasteiger partial charge in [0, 0.05) is 23.3 Å². The monoisotopic (exact) mass is 308 g/mol. The normalized spacial score (nSPS) is 25.4. The van der Waals surface area contributed by atoms with E-state index >= 15 is 0 Å². The number of amides is 1. The van der Waals surface area contributed by atoms with E-state index in [-0.39, 0.29) is 5.91 Å². The molecular formula is C16H24N2O2S. The number of fused-ring (bicyclic) bond motifs is 1. The molecule has 0 saturated carbocycles. The van der Waals surface area contributed by atoms with Gasteiger partial charge in [-0.2, -0.15) is 0 Å². The van der Waals surface area contributed by atoms with Gasteiger partial charge in [0.15, 0.2) is 0 Å². The maximum atomic E-state index is 12.8. The zero-order valence-corrected chi connectivity index (χ0v) is 13.7. The highest BCUT2D eigenvalue weighted by Gasteiger charge is 2.39. The average Bonchev–Trinajstić information content (AvgIpc) is 3.01. The van der Waals surface area contributed by atoms with E-state index in [9.17, 15) is 9.90 Å². The first-order valence-electron chi connectivity index (χ1n) is 7.74. The number of carbonyl (C=O) groups excluding carboxylic acids is 1. The highest BCUT2D eigenvalue weighted by Crippen LogP contribution is 2.32. The molecule has 1 unspecified atom stereocenters. The number of carbonyl (C=O) groups is 1. The van der Waals surface area contributed by atoms with Crippen molar-refractivity contribution >= 4 is 17.2 Å². The molecule has 0 radical (unpaired) electrons. The van der Waals surface area contributed by atoms with E-state index in [1.807, 2.05) is 29.3 Å². The Morgan fingerprint density at radius 3 is 2.95 bits per heavy atom. The number of likely N-dealkylation sites (tertiary alicyclic amines) is 1. The molecule has 0 aromatic carbocycles. The average molecular weight is 308 g/mol. The minimum absolute atomic E-state index is 0.115. The highest BCUT2D eigenvalue weighted by molar-refractivity contribution is 7.10. The van der Waals surface area contributed by atoms with Gasteiger partial charge in [-0.3, -0.25) is 4.79 Å². The second-order valence-electron chi connectivity index (χ2n) is 6.70. The summed E-state index contributed by atoms with van der Waals surface area (Å²) in [4.78, 5) is 18.0. The van der Waals surface area contributed by atoms with Crippen LogP contribution in [0.25, 0.3) is 0 Å². The molecule has 1 saturated heterocycles. The van der Waals surface area contributed by atoms with Crippen molar-refractivity contribution in [3.05, 3.63) is 21.4 Å². The quantitative estimate of drug-likeness (QED) is 0.925. The van der Waals surface area contributed by atoms with Gasteiger partial charge < -0.3 is 14.9 Å². The molecule has 1 aromatic rings. The smallest absolute Gasteiger partial charge is 0.255 e. The minimum atomic E-state index is -0.755. The molecule has 1 aromatic heterocycles. The molecule has 0 spiro atoms. The summed E-state index contributed by atoms with van der Waals surface area (Å²) in [5.41, 5.74) is 1.41. The fourth-order valence-corrected chi connectivity index (χ4v) is 4.71. The Labute approximate surface area is 130 Å². The number of β-amino-alcohol motifs (C(OH)–C–C–N with tert-alkyl or cyclic N) is 1. The van der Waals surface area contributed by atoms with E-state index in [0.29, 0.717) is 26.1 Å². The molecule has 4 nitrogen and oxygen atoms in total. The van der Waals surface area contributed by atoms with Gasteiger partial charge in [0.1, 0.15) is 0 Å². The molecule has 5 heteroatoms. The molecule has 116 valence electrons. The Kier molecular flexibility index (Phi) is 4.08. The zero-order valence-electron chi connectivity index (χ0n) is 12.9. The maximum Gasteiger partial charge on any atom is 0.255 e.